The van der Waals surface area contributed by atoms with Crippen LogP contribution in [0.15, 0.2) is 0 Å². The van der Waals surface area contributed by atoms with Gasteiger partial charge < -0.3 is 20.1 Å². The van der Waals surface area contributed by atoms with Crippen molar-refractivity contribution in [2.75, 3.05) is 13.2 Å². The highest BCUT2D eigenvalue weighted by Gasteiger charge is 2.24. The van der Waals surface area contributed by atoms with Crippen LogP contribution in [0.4, 0.5) is 0 Å². The molecule has 0 saturated carbocycles. The smallest absolute Gasteiger partial charge is 0.167 e. The maximum atomic E-state index is 9.74. The van der Waals surface area contributed by atoms with Crippen molar-refractivity contribution in [3.63, 3.8) is 0 Å². The quantitative estimate of drug-likeness (QED) is 0.510. The summed E-state index contributed by atoms with van der Waals surface area (Å²) < 4.78 is 5.23. The van der Waals surface area contributed by atoms with Gasteiger partial charge in [0.05, 0.1) is 12.7 Å². The first-order valence-electron chi connectivity index (χ1n) is 5.23. The summed E-state index contributed by atoms with van der Waals surface area (Å²) in [6.07, 6.45) is 1.49. The number of ether oxygens (including phenoxy) is 1. The van der Waals surface area contributed by atoms with Gasteiger partial charge in [-0.05, 0) is 19.3 Å². The Morgan fingerprint density at radius 3 is 2.43 bits per heavy atom. The number of hydrogen-bond donors (Lipinski definition) is 3. The van der Waals surface area contributed by atoms with Gasteiger partial charge in [0, 0.05) is 13.0 Å². The molecule has 0 spiro atoms. The molecule has 0 aromatic rings. The second-order valence-corrected chi connectivity index (χ2v) is 3.47. The van der Waals surface area contributed by atoms with E-state index in [0.717, 1.165) is 0 Å². The van der Waals surface area contributed by atoms with Crippen LogP contribution in [-0.4, -0.2) is 40.4 Å². The Bertz CT molecular complexity index is 140. The minimum absolute atomic E-state index is 0.0966. The molecule has 4 nitrogen and oxygen atoms in total. The Morgan fingerprint density at radius 2 is 2.00 bits per heavy atom. The molecule has 0 aliphatic heterocycles. The fraction of sp³-hybridized carbons (Fsp3) is 1.00. The Balaban J connectivity index is 3.72. The summed E-state index contributed by atoms with van der Waals surface area (Å²) in [6.45, 7) is 3.91. The van der Waals surface area contributed by atoms with Crippen LogP contribution >= 0.6 is 0 Å². The second-order valence-electron chi connectivity index (χ2n) is 3.47. The van der Waals surface area contributed by atoms with Gasteiger partial charge >= 0.3 is 0 Å². The summed E-state index contributed by atoms with van der Waals surface area (Å²) in [5.41, 5.74) is 0. The molecule has 0 saturated heterocycles. The number of hydrogen-bond acceptors (Lipinski definition) is 4. The molecule has 86 valence electrons. The fourth-order valence-electron chi connectivity index (χ4n) is 1.11. The van der Waals surface area contributed by atoms with Crippen LogP contribution in [0.3, 0.4) is 0 Å². The molecule has 0 aliphatic carbocycles. The molecule has 0 amide bonds. The van der Waals surface area contributed by atoms with Crippen LogP contribution in [0, 0.1) is 0 Å². The van der Waals surface area contributed by atoms with Gasteiger partial charge in [0.2, 0.25) is 0 Å². The minimum atomic E-state index is -1.23. The predicted molar refractivity (Wildman–Crippen MR) is 53.8 cm³/mol. The van der Waals surface area contributed by atoms with E-state index in [4.69, 9.17) is 9.84 Å². The van der Waals surface area contributed by atoms with Crippen molar-refractivity contribution in [3.8, 4) is 0 Å². The maximum absolute atomic E-state index is 9.74. The van der Waals surface area contributed by atoms with Crippen LogP contribution in [0.25, 0.3) is 0 Å². The van der Waals surface area contributed by atoms with Crippen molar-refractivity contribution in [3.05, 3.63) is 0 Å². The first-order valence-corrected chi connectivity index (χ1v) is 5.23. The third-order valence-corrected chi connectivity index (χ3v) is 2.35. The maximum Gasteiger partial charge on any atom is 0.167 e. The van der Waals surface area contributed by atoms with Crippen molar-refractivity contribution in [2.45, 2.75) is 51.4 Å². The summed E-state index contributed by atoms with van der Waals surface area (Å²) in [6, 6.07) is 0. The van der Waals surface area contributed by atoms with E-state index in [9.17, 15) is 10.2 Å². The van der Waals surface area contributed by atoms with E-state index in [1.54, 1.807) is 6.92 Å². The van der Waals surface area contributed by atoms with Crippen LogP contribution in [-0.2, 0) is 4.74 Å². The first-order chi connectivity index (χ1) is 6.58. The minimum Gasteiger partial charge on any atom is -0.396 e. The van der Waals surface area contributed by atoms with Gasteiger partial charge in [-0.25, -0.2) is 0 Å². The van der Waals surface area contributed by atoms with E-state index in [2.05, 4.69) is 0 Å². The molecule has 14 heavy (non-hydrogen) atoms. The Kier molecular flexibility index (Phi) is 7.09. The average molecular weight is 206 g/mol. The van der Waals surface area contributed by atoms with Gasteiger partial charge in [0.25, 0.3) is 0 Å². The Labute approximate surface area is 85.5 Å². The van der Waals surface area contributed by atoms with Gasteiger partial charge in [0.15, 0.2) is 5.79 Å². The fourth-order valence-corrected chi connectivity index (χ4v) is 1.11. The monoisotopic (exact) mass is 206 g/mol. The topological polar surface area (TPSA) is 69.9 Å². The third kappa shape index (κ3) is 5.54. The molecule has 0 aromatic carbocycles. The molecule has 0 radical (unpaired) electrons. The molecular weight excluding hydrogens is 184 g/mol. The summed E-state index contributed by atoms with van der Waals surface area (Å²) in [5.74, 6) is -1.23. The normalized spacial score (nSPS) is 17.8. The van der Waals surface area contributed by atoms with E-state index < -0.39 is 5.79 Å². The van der Waals surface area contributed by atoms with Gasteiger partial charge in [-0.15, -0.1) is 0 Å². The first kappa shape index (κ1) is 13.8. The number of rotatable bonds is 8. The lowest BCUT2D eigenvalue weighted by molar-refractivity contribution is -0.215. The van der Waals surface area contributed by atoms with Crippen LogP contribution in [0.5, 0.6) is 0 Å². The van der Waals surface area contributed by atoms with Crippen molar-refractivity contribution in [1.82, 2.24) is 0 Å². The van der Waals surface area contributed by atoms with Crippen molar-refractivity contribution in [1.29, 1.82) is 0 Å². The van der Waals surface area contributed by atoms with Crippen molar-refractivity contribution < 1.29 is 20.1 Å². The lowest BCUT2D eigenvalue weighted by Crippen LogP contribution is -2.33. The highest BCUT2D eigenvalue weighted by Crippen LogP contribution is 2.17. The summed E-state index contributed by atoms with van der Waals surface area (Å²) >= 11 is 0. The molecule has 2 unspecified atom stereocenters. The summed E-state index contributed by atoms with van der Waals surface area (Å²) in [7, 11) is 0. The second kappa shape index (κ2) is 7.17. The summed E-state index contributed by atoms with van der Waals surface area (Å²) in [5, 5.41) is 27.7. The molecule has 0 bridgehead atoms. The molecule has 2 atom stereocenters. The van der Waals surface area contributed by atoms with E-state index in [1.807, 2.05) is 6.92 Å². The van der Waals surface area contributed by atoms with Crippen molar-refractivity contribution in [2.24, 2.45) is 0 Å². The van der Waals surface area contributed by atoms with E-state index >= 15 is 0 Å². The predicted octanol–water partition coefficient (Wildman–Crippen LogP) is 0.645. The SMILES string of the molecule is CCC(O)CCOC(O)(CC)CCO. The molecule has 0 aromatic heterocycles. The zero-order valence-corrected chi connectivity index (χ0v) is 9.07. The average Bonchev–Trinajstić information content (AvgIpc) is 2.18. The molecule has 0 fully saturated rings. The number of aliphatic hydroxyl groups excluding tert-OH is 2. The van der Waals surface area contributed by atoms with Crippen LogP contribution in [0.2, 0.25) is 0 Å². The molecule has 3 N–H and O–H groups in total. The van der Waals surface area contributed by atoms with Crippen LogP contribution in [0.1, 0.15) is 39.5 Å². The number of aliphatic hydroxyl groups is 3. The highest BCUT2D eigenvalue weighted by atomic mass is 16.6. The van der Waals surface area contributed by atoms with E-state index in [-0.39, 0.29) is 19.1 Å². The summed E-state index contributed by atoms with van der Waals surface area (Å²) in [4.78, 5) is 0. The van der Waals surface area contributed by atoms with Gasteiger partial charge in [-0.3, -0.25) is 0 Å². The Hall–Kier alpha value is -0.160. The molecular formula is C10H22O4. The third-order valence-electron chi connectivity index (χ3n) is 2.35. The highest BCUT2D eigenvalue weighted by molar-refractivity contribution is 4.64. The molecule has 0 rings (SSSR count). The van der Waals surface area contributed by atoms with Gasteiger partial charge in [-0.1, -0.05) is 13.8 Å². The van der Waals surface area contributed by atoms with Gasteiger partial charge in [0.1, 0.15) is 0 Å². The van der Waals surface area contributed by atoms with Crippen molar-refractivity contribution >= 4 is 0 Å². The lowest BCUT2D eigenvalue weighted by Gasteiger charge is -2.26. The Morgan fingerprint density at radius 1 is 1.36 bits per heavy atom. The lowest BCUT2D eigenvalue weighted by atomic mass is 10.1. The van der Waals surface area contributed by atoms with E-state index in [0.29, 0.717) is 25.9 Å². The zero-order chi connectivity index (χ0) is 11.0. The molecule has 0 aliphatic rings. The van der Waals surface area contributed by atoms with Crippen LogP contribution < -0.4 is 0 Å². The molecule has 4 heteroatoms. The van der Waals surface area contributed by atoms with Gasteiger partial charge in [-0.2, -0.15) is 0 Å². The van der Waals surface area contributed by atoms with E-state index in [1.165, 1.54) is 0 Å². The largest absolute Gasteiger partial charge is 0.396 e. The standard InChI is InChI=1S/C10H22O4/c1-3-9(12)5-8-14-10(13,4-2)6-7-11/h9,11-13H,3-8H2,1-2H3. The molecule has 0 heterocycles. The zero-order valence-electron chi connectivity index (χ0n) is 9.07.